The molecule has 0 aliphatic carbocycles. The number of halogens is 2. The van der Waals surface area contributed by atoms with Gasteiger partial charge in [0.1, 0.15) is 29.9 Å². The van der Waals surface area contributed by atoms with Crippen molar-refractivity contribution in [3.05, 3.63) is 59.2 Å². The van der Waals surface area contributed by atoms with E-state index in [1.54, 1.807) is 0 Å². The van der Waals surface area contributed by atoms with Gasteiger partial charge in [0.25, 0.3) is 0 Å². The lowest BCUT2D eigenvalue weighted by Gasteiger charge is -2.43. The minimum atomic E-state index is -1.58. The van der Waals surface area contributed by atoms with Crippen LogP contribution in [-0.4, -0.2) is 43.9 Å². The first-order valence-electron chi connectivity index (χ1n) is 9.21. The van der Waals surface area contributed by atoms with E-state index in [9.17, 15) is 13.9 Å². The molecular weight excluding hydrogens is 350 g/mol. The Labute approximate surface area is 158 Å². The van der Waals surface area contributed by atoms with E-state index in [-0.39, 0.29) is 18.2 Å². The molecule has 1 saturated heterocycles. The zero-order valence-electron chi connectivity index (χ0n) is 16.0. The molecule has 27 heavy (non-hydrogen) atoms. The van der Waals surface area contributed by atoms with Crippen molar-refractivity contribution in [2.75, 3.05) is 13.1 Å². The van der Waals surface area contributed by atoms with Crippen molar-refractivity contribution in [2.24, 2.45) is 0 Å². The first kappa shape index (κ1) is 19.6. The molecule has 1 N–H and O–H groups in total. The van der Waals surface area contributed by atoms with Gasteiger partial charge in [0.15, 0.2) is 0 Å². The van der Waals surface area contributed by atoms with Crippen molar-refractivity contribution in [2.45, 2.75) is 51.8 Å². The highest BCUT2D eigenvalue weighted by atomic mass is 19.1. The molecule has 0 bridgehead atoms. The number of benzene rings is 1. The Morgan fingerprint density at radius 2 is 1.96 bits per heavy atom. The van der Waals surface area contributed by atoms with E-state index in [1.165, 1.54) is 40.6 Å². The molecule has 0 unspecified atom stereocenters. The molecule has 2 aromatic rings. The van der Waals surface area contributed by atoms with Crippen LogP contribution in [0.3, 0.4) is 0 Å². The molecule has 1 aliphatic rings. The van der Waals surface area contributed by atoms with Crippen LogP contribution in [0.5, 0.6) is 0 Å². The predicted molar refractivity (Wildman–Crippen MR) is 98.9 cm³/mol. The second kappa shape index (κ2) is 7.86. The van der Waals surface area contributed by atoms with E-state index in [4.69, 9.17) is 0 Å². The van der Waals surface area contributed by atoms with Crippen LogP contribution in [0.15, 0.2) is 42.0 Å². The quantitative estimate of drug-likeness (QED) is 0.814. The van der Waals surface area contributed by atoms with Gasteiger partial charge >= 0.3 is 0 Å². The molecule has 2 atom stereocenters. The number of likely N-dealkylation sites (tertiary alicyclic amines) is 1. The maximum Gasteiger partial charge on any atom is 0.137 e. The molecule has 7 heteroatoms. The summed E-state index contributed by atoms with van der Waals surface area (Å²) in [5.41, 5.74) is 1.27. The highest BCUT2D eigenvalue weighted by Gasteiger charge is 2.42. The van der Waals surface area contributed by atoms with E-state index in [2.05, 4.69) is 28.8 Å². The Bertz CT molecular complexity index is 807. The van der Waals surface area contributed by atoms with Crippen LogP contribution in [0.2, 0.25) is 0 Å². The summed E-state index contributed by atoms with van der Waals surface area (Å²) in [4.78, 5) is 6.06. The number of piperidine rings is 1. The van der Waals surface area contributed by atoms with Crippen LogP contribution in [0, 0.1) is 11.6 Å². The Kier molecular flexibility index (Phi) is 5.72. The zero-order chi connectivity index (χ0) is 19.6. The average molecular weight is 376 g/mol. The normalized spacial score (nSPS) is 19.0. The van der Waals surface area contributed by atoms with Crippen molar-refractivity contribution in [1.29, 1.82) is 0 Å². The van der Waals surface area contributed by atoms with Crippen LogP contribution < -0.4 is 0 Å². The summed E-state index contributed by atoms with van der Waals surface area (Å²) >= 11 is 0. The number of rotatable bonds is 5. The lowest BCUT2D eigenvalue weighted by Crippen LogP contribution is -2.53. The second-order valence-corrected chi connectivity index (χ2v) is 7.46. The minimum Gasteiger partial charge on any atom is -0.381 e. The van der Waals surface area contributed by atoms with Crippen LogP contribution in [-0.2, 0) is 12.1 Å². The van der Waals surface area contributed by atoms with Gasteiger partial charge in [0, 0.05) is 30.8 Å². The SMILES string of the molecule is CC(C)=C1CCN([C@@H](C)[C@@](O)(Cn2cncn2)c2ccc(F)cc2F)CC1. The summed E-state index contributed by atoms with van der Waals surface area (Å²) in [5.74, 6) is -1.43. The van der Waals surface area contributed by atoms with Crippen molar-refractivity contribution in [3.63, 3.8) is 0 Å². The van der Waals surface area contributed by atoms with E-state index in [0.29, 0.717) is 0 Å². The smallest absolute Gasteiger partial charge is 0.137 e. The zero-order valence-corrected chi connectivity index (χ0v) is 16.0. The van der Waals surface area contributed by atoms with E-state index in [1.807, 2.05) is 6.92 Å². The van der Waals surface area contributed by atoms with Gasteiger partial charge in [-0.05, 0) is 39.7 Å². The number of hydrogen-bond acceptors (Lipinski definition) is 4. The first-order valence-corrected chi connectivity index (χ1v) is 9.21. The summed E-state index contributed by atoms with van der Waals surface area (Å²) in [5, 5.41) is 15.7. The fourth-order valence-electron chi connectivity index (χ4n) is 3.83. The maximum absolute atomic E-state index is 14.6. The largest absolute Gasteiger partial charge is 0.381 e. The molecule has 1 fully saturated rings. The monoisotopic (exact) mass is 376 g/mol. The Hall–Kier alpha value is -2.12. The molecule has 0 spiro atoms. The topological polar surface area (TPSA) is 54.2 Å². The summed E-state index contributed by atoms with van der Waals surface area (Å²) in [6, 6.07) is 2.92. The van der Waals surface area contributed by atoms with Gasteiger partial charge in [-0.3, -0.25) is 4.90 Å². The molecule has 1 aromatic carbocycles. The van der Waals surface area contributed by atoms with Gasteiger partial charge < -0.3 is 5.11 Å². The predicted octanol–water partition coefficient (Wildman–Crippen LogP) is 3.26. The van der Waals surface area contributed by atoms with Gasteiger partial charge in [-0.2, -0.15) is 5.10 Å². The van der Waals surface area contributed by atoms with Crippen molar-refractivity contribution in [1.82, 2.24) is 19.7 Å². The average Bonchev–Trinajstić information content (AvgIpc) is 3.13. The summed E-state index contributed by atoms with van der Waals surface area (Å²) in [6.07, 6.45) is 4.71. The van der Waals surface area contributed by atoms with E-state index in [0.717, 1.165) is 32.0 Å². The molecule has 0 amide bonds. The van der Waals surface area contributed by atoms with Crippen LogP contribution in [0.25, 0.3) is 0 Å². The summed E-state index contributed by atoms with van der Waals surface area (Å²) < 4.78 is 29.5. The molecule has 1 aliphatic heterocycles. The van der Waals surface area contributed by atoms with Crippen molar-refractivity contribution < 1.29 is 13.9 Å². The van der Waals surface area contributed by atoms with Crippen molar-refractivity contribution >= 4 is 0 Å². The van der Waals surface area contributed by atoms with Gasteiger partial charge in [-0.15, -0.1) is 0 Å². The molecule has 2 heterocycles. The maximum atomic E-state index is 14.6. The minimum absolute atomic E-state index is 0.0305. The van der Waals surface area contributed by atoms with Gasteiger partial charge in [-0.1, -0.05) is 17.2 Å². The fourth-order valence-corrected chi connectivity index (χ4v) is 3.83. The summed E-state index contributed by atoms with van der Waals surface area (Å²) in [7, 11) is 0. The van der Waals surface area contributed by atoms with E-state index >= 15 is 0 Å². The van der Waals surface area contributed by atoms with Gasteiger partial charge in [0.2, 0.25) is 0 Å². The van der Waals surface area contributed by atoms with Crippen molar-refractivity contribution in [3.8, 4) is 0 Å². The standard InChI is InChI=1S/C20H26F2N4O/c1-14(2)16-6-8-25(9-7-16)15(3)20(27,11-26-13-23-12-24-26)18-5-4-17(21)10-19(18)22/h4-5,10,12-13,15,27H,6-9,11H2,1-3H3/t15-,20-/m0/s1. The van der Waals surface area contributed by atoms with Crippen LogP contribution in [0.1, 0.15) is 39.2 Å². The first-order chi connectivity index (χ1) is 12.8. The molecule has 146 valence electrons. The molecule has 0 saturated carbocycles. The third-order valence-corrected chi connectivity index (χ3v) is 5.61. The van der Waals surface area contributed by atoms with Gasteiger partial charge in [-0.25, -0.2) is 18.4 Å². The molecule has 5 nitrogen and oxygen atoms in total. The molecule has 0 radical (unpaired) electrons. The van der Waals surface area contributed by atoms with E-state index < -0.39 is 17.2 Å². The Balaban J connectivity index is 1.93. The number of hydrogen-bond donors (Lipinski definition) is 1. The number of nitrogens with zero attached hydrogens (tertiary/aromatic N) is 4. The lowest BCUT2D eigenvalue weighted by molar-refractivity contribution is -0.0657. The second-order valence-electron chi connectivity index (χ2n) is 7.46. The summed E-state index contributed by atoms with van der Waals surface area (Å²) in [6.45, 7) is 7.71. The number of aromatic nitrogens is 3. The fraction of sp³-hybridized carbons (Fsp3) is 0.500. The molecule has 1 aromatic heterocycles. The Morgan fingerprint density at radius 1 is 1.26 bits per heavy atom. The molecule has 3 rings (SSSR count). The highest BCUT2D eigenvalue weighted by molar-refractivity contribution is 5.27. The van der Waals surface area contributed by atoms with Crippen LogP contribution >= 0.6 is 0 Å². The molecular formula is C20H26F2N4O. The number of allylic oxidation sites excluding steroid dienone is 1. The Morgan fingerprint density at radius 3 is 2.52 bits per heavy atom. The third-order valence-electron chi connectivity index (χ3n) is 5.61. The third kappa shape index (κ3) is 4.09. The highest BCUT2D eigenvalue weighted by Crippen LogP contribution is 2.34. The van der Waals surface area contributed by atoms with Crippen LogP contribution in [0.4, 0.5) is 8.78 Å². The van der Waals surface area contributed by atoms with Gasteiger partial charge in [0.05, 0.1) is 6.54 Å². The lowest BCUT2D eigenvalue weighted by atomic mass is 9.84. The number of aliphatic hydroxyl groups is 1.